The first kappa shape index (κ1) is 13.6. The highest BCUT2D eigenvalue weighted by molar-refractivity contribution is 5.22. The van der Waals surface area contributed by atoms with Crippen LogP contribution >= 0.6 is 0 Å². The molecule has 0 bridgehead atoms. The number of nitrogens with one attached hydrogen (secondary N) is 1. The minimum absolute atomic E-state index is 0.702. The van der Waals surface area contributed by atoms with E-state index < -0.39 is 0 Å². The van der Waals surface area contributed by atoms with Gasteiger partial charge in [-0.15, -0.1) is 0 Å². The van der Waals surface area contributed by atoms with Gasteiger partial charge >= 0.3 is 0 Å². The third-order valence-electron chi connectivity index (χ3n) is 3.87. The maximum absolute atomic E-state index is 5.12. The summed E-state index contributed by atoms with van der Waals surface area (Å²) in [6.07, 6.45) is 5.46. The maximum Gasteiger partial charge on any atom is 0.0713 e. The van der Waals surface area contributed by atoms with Gasteiger partial charge in [0.1, 0.15) is 0 Å². The molecule has 2 unspecified atom stereocenters. The Bertz CT molecular complexity index is 347. The van der Waals surface area contributed by atoms with Crippen LogP contribution in [-0.4, -0.2) is 13.2 Å². The van der Waals surface area contributed by atoms with Crippen molar-refractivity contribution in [2.24, 2.45) is 5.92 Å². The first-order chi connectivity index (χ1) is 8.78. The number of hydrogen-bond acceptors (Lipinski definition) is 2. The van der Waals surface area contributed by atoms with Crippen LogP contribution in [0.4, 0.5) is 0 Å². The summed E-state index contributed by atoms with van der Waals surface area (Å²) in [6, 6.07) is 9.43. The van der Waals surface area contributed by atoms with Crippen LogP contribution < -0.4 is 5.32 Å². The zero-order valence-corrected chi connectivity index (χ0v) is 11.6. The van der Waals surface area contributed by atoms with Gasteiger partial charge in [0.15, 0.2) is 0 Å². The Morgan fingerprint density at radius 1 is 1.17 bits per heavy atom. The van der Waals surface area contributed by atoms with E-state index in [0.29, 0.717) is 12.6 Å². The predicted molar refractivity (Wildman–Crippen MR) is 75.4 cm³/mol. The van der Waals surface area contributed by atoms with Gasteiger partial charge in [-0.2, -0.15) is 0 Å². The molecular formula is C16H25NO. The highest BCUT2D eigenvalue weighted by Gasteiger charge is 2.17. The fourth-order valence-corrected chi connectivity index (χ4v) is 2.80. The Morgan fingerprint density at radius 3 is 2.56 bits per heavy atom. The molecule has 1 aromatic carbocycles. The molecule has 1 aromatic rings. The second-order valence-electron chi connectivity index (χ2n) is 5.60. The smallest absolute Gasteiger partial charge is 0.0713 e. The molecule has 0 saturated heterocycles. The molecule has 2 rings (SSSR count). The molecule has 2 heteroatoms. The summed E-state index contributed by atoms with van der Waals surface area (Å²) in [6.45, 7) is 4.06. The lowest BCUT2D eigenvalue weighted by molar-refractivity contribution is 0.185. The number of ether oxygens (including phenoxy) is 1. The van der Waals surface area contributed by atoms with Gasteiger partial charge < -0.3 is 10.1 Å². The van der Waals surface area contributed by atoms with Crippen LogP contribution in [0.2, 0.25) is 0 Å². The molecule has 0 radical (unpaired) electrons. The van der Waals surface area contributed by atoms with E-state index in [0.717, 1.165) is 12.5 Å². The highest BCUT2D eigenvalue weighted by Crippen LogP contribution is 2.23. The molecule has 0 amide bonds. The topological polar surface area (TPSA) is 21.3 Å². The lowest BCUT2D eigenvalue weighted by Crippen LogP contribution is -2.33. The maximum atomic E-state index is 5.12. The Morgan fingerprint density at radius 2 is 1.89 bits per heavy atom. The Balaban J connectivity index is 1.78. The SMILES string of the molecule is COCc1ccc(CNC2CCCC(C)C2)cc1. The first-order valence-corrected chi connectivity index (χ1v) is 7.08. The van der Waals surface area contributed by atoms with Crippen LogP contribution in [0.3, 0.4) is 0 Å². The van der Waals surface area contributed by atoms with Crippen molar-refractivity contribution in [2.45, 2.75) is 51.8 Å². The summed E-state index contributed by atoms with van der Waals surface area (Å²) >= 11 is 0. The van der Waals surface area contributed by atoms with Gasteiger partial charge in [-0.25, -0.2) is 0 Å². The van der Waals surface area contributed by atoms with Crippen LogP contribution in [0.25, 0.3) is 0 Å². The molecule has 0 heterocycles. The van der Waals surface area contributed by atoms with Gasteiger partial charge in [0.05, 0.1) is 6.61 Å². The quantitative estimate of drug-likeness (QED) is 0.860. The Labute approximate surface area is 111 Å². The summed E-state index contributed by atoms with van der Waals surface area (Å²) in [5.74, 6) is 0.889. The van der Waals surface area contributed by atoms with Gasteiger partial charge in [-0.1, -0.05) is 44.0 Å². The third kappa shape index (κ3) is 4.11. The minimum Gasteiger partial charge on any atom is -0.380 e. The Kier molecular flexibility index (Phi) is 5.21. The lowest BCUT2D eigenvalue weighted by atomic mass is 9.87. The van der Waals surface area contributed by atoms with E-state index in [-0.39, 0.29) is 0 Å². The third-order valence-corrected chi connectivity index (χ3v) is 3.87. The summed E-state index contributed by atoms with van der Waals surface area (Å²) in [5, 5.41) is 3.69. The lowest BCUT2D eigenvalue weighted by Gasteiger charge is -2.27. The average molecular weight is 247 g/mol. The zero-order chi connectivity index (χ0) is 12.8. The molecule has 1 aliphatic carbocycles. The summed E-state index contributed by atoms with van der Waals surface area (Å²) in [7, 11) is 1.74. The monoisotopic (exact) mass is 247 g/mol. The fourth-order valence-electron chi connectivity index (χ4n) is 2.80. The molecule has 0 spiro atoms. The molecule has 0 aliphatic heterocycles. The van der Waals surface area contributed by atoms with Crippen molar-refractivity contribution in [3.8, 4) is 0 Å². The minimum atomic E-state index is 0.702. The van der Waals surface area contributed by atoms with Crippen molar-refractivity contribution in [3.05, 3.63) is 35.4 Å². The second kappa shape index (κ2) is 6.91. The van der Waals surface area contributed by atoms with Gasteiger partial charge in [-0.05, 0) is 29.9 Å². The zero-order valence-electron chi connectivity index (χ0n) is 11.6. The van der Waals surface area contributed by atoms with Crippen LogP contribution in [0, 0.1) is 5.92 Å². The van der Waals surface area contributed by atoms with Crippen LogP contribution in [0.15, 0.2) is 24.3 Å². The second-order valence-corrected chi connectivity index (χ2v) is 5.60. The van der Waals surface area contributed by atoms with Gasteiger partial charge in [0.2, 0.25) is 0 Å². The molecule has 1 N–H and O–H groups in total. The first-order valence-electron chi connectivity index (χ1n) is 7.08. The molecule has 2 atom stereocenters. The molecule has 2 nitrogen and oxygen atoms in total. The molecule has 100 valence electrons. The summed E-state index contributed by atoms with van der Waals surface area (Å²) < 4.78 is 5.12. The standard InChI is InChI=1S/C16H25NO/c1-13-4-3-5-16(10-13)17-11-14-6-8-15(9-7-14)12-18-2/h6-9,13,16-17H,3-5,10-12H2,1-2H3. The normalized spacial score (nSPS) is 24.1. The largest absolute Gasteiger partial charge is 0.380 e. The van der Waals surface area contributed by atoms with E-state index in [4.69, 9.17) is 4.74 Å². The van der Waals surface area contributed by atoms with Gasteiger partial charge in [-0.3, -0.25) is 0 Å². The predicted octanol–water partition coefficient (Wildman–Crippen LogP) is 3.50. The molecule has 1 saturated carbocycles. The van der Waals surface area contributed by atoms with Crippen molar-refractivity contribution in [1.29, 1.82) is 0 Å². The van der Waals surface area contributed by atoms with E-state index in [1.807, 2.05) is 0 Å². The Hall–Kier alpha value is -0.860. The average Bonchev–Trinajstić information content (AvgIpc) is 2.38. The molecule has 1 aliphatic rings. The molecule has 1 fully saturated rings. The van der Waals surface area contributed by atoms with E-state index in [2.05, 4.69) is 36.5 Å². The van der Waals surface area contributed by atoms with Crippen LogP contribution in [0.1, 0.15) is 43.7 Å². The van der Waals surface area contributed by atoms with Crippen molar-refractivity contribution in [3.63, 3.8) is 0 Å². The van der Waals surface area contributed by atoms with E-state index in [1.54, 1.807) is 7.11 Å². The number of hydrogen-bond donors (Lipinski definition) is 1. The van der Waals surface area contributed by atoms with Crippen molar-refractivity contribution in [2.75, 3.05) is 7.11 Å². The van der Waals surface area contributed by atoms with Gasteiger partial charge in [0.25, 0.3) is 0 Å². The van der Waals surface area contributed by atoms with Crippen molar-refractivity contribution in [1.82, 2.24) is 5.32 Å². The summed E-state index contributed by atoms with van der Waals surface area (Å²) in [4.78, 5) is 0. The van der Waals surface area contributed by atoms with Crippen molar-refractivity contribution >= 4 is 0 Å². The number of benzene rings is 1. The molecule has 0 aromatic heterocycles. The number of rotatable bonds is 5. The summed E-state index contributed by atoms with van der Waals surface area (Å²) in [5.41, 5.74) is 2.61. The van der Waals surface area contributed by atoms with Crippen LogP contribution in [0.5, 0.6) is 0 Å². The van der Waals surface area contributed by atoms with Gasteiger partial charge in [0, 0.05) is 19.7 Å². The van der Waals surface area contributed by atoms with Crippen molar-refractivity contribution < 1.29 is 4.74 Å². The van der Waals surface area contributed by atoms with E-state index in [9.17, 15) is 0 Å². The van der Waals surface area contributed by atoms with E-state index >= 15 is 0 Å². The van der Waals surface area contributed by atoms with E-state index in [1.165, 1.54) is 36.8 Å². The molecular weight excluding hydrogens is 222 g/mol. The highest BCUT2D eigenvalue weighted by atomic mass is 16.5. The molecule has 18 heavy (non-hydrogen) atoms. The number of methoxy groups -OCH3 is 1. The van der Waals surface area contributed by atoms with Crippen LogP contribution in [-0.2, 0) is 17.9 Å². The fraction of sp³-hybridized carbons (Fsp3) is 0.625.